The molecule has 0 amide bonds. The average molecular weight is 286 g/mol. The van der Waals surface area contributed by atoms with Crippen LogP contribution in [0.1, 0.15) is 70.9 Å². The van der Waals surface area contributed by atoms with E-state index in [1.807, 2.05) is 0 Å². The van der Waals surface area contributed by atoms with E-state index in [4.69, 9.17) is 9.31 Å². The maximum atomic E-state index is 6.18. The Kier molecular flexibility index (Phi) is 3.49. The smallest absolute Gasteiger partial charge is 0.403 e. The van der Waals surface area contributed by atoms with Gasteiger partial charge in [-0.3, -0.25) is 0 Å². The summed E-state index contributed by atoms with van der Waals surface area (Å²) in [4.78, 5) is 0. The monoisotopic (exact) mass is 286 g/mol. The minimum Gasteiger partial charge on any atom is -0.403 e. The molecule has 114 valence electrons. The molecule has 2 atom stereocenters. The van der Waals surface area contributed by atoms with Crippen molar-refractivity contribution >= 4 is 7.12 Å². The fraction of sp³-hybridized carbons (Fsp3) is 0.667. The highest BCUT2D eigenvalue weighted by Crippen LogP contribution is 2.58. The van der Waals surface area contributed by atoms with Gasteiger partial charge in [-0.05, 0) is 57.1 Å². The van der Waals surface area contributed by atoms with Gasteiger partial charge in [0, 0.05) is 5.82 Å². The molecule has 0 aromatic heterocycles. The Labute approximate surface area is 129 Å². The second-order valence-corrected chi connectivity index (χ2v) is 7.95. The largest absolute Gasteiger partial charge is 0.461 e. The van der Waals surface area contributed by atoms with E-state index in [0.717, 1.165) is 0 Å². The molecule has 0 N–H and O–H groups in total. The van der Waals surface area contributed by atoms with Crippen LogP contribution in [-0.4, -0.2) is 18.3 Å². The summed E-state index contributed by atoms with van der Waals surface area (Å²) in [5, 5.41) is 0. The predicted octanol–water partition coefficient (Wildman–Crippen LogP) is 4.76. The summed E-state index contributed by atoms with van der Waals surface area (Å²) in [6.45, 7) is 13.0. The number of hydrogen-bond donors (Lipinski definition) is 0. The first-order valence-electron chi connectivity index (χ1n) is 8.17. The van der Waals surface area contributed by atoms with Gasteiger partial charge in [-0.1, -0.05) is 38.1 Å². The molecule has 2 aliphatic rings. The molecule has 1 heterocycles. The van der Waals surface area contributed by atoms with Crippen molar-refractivity contribution in [3.63, 3.8) is 0 Å². The summed E-state index contributed by atoms with van der Waals surface area (Å²) in [5.74, 6) is 1.70. The molecule has 1 aliphatic carbocycles. The van der Waals surface area contributed by atoms with Gasteiger partial charge in [0.05, 0.1) is 11.2 Å². The van der Waals surface area contributed by atoms with Gasteiger partial charge in [0.1, 0.15) is 0 Å². The third-order valence-corrected chi connectivity index (χ3v) is 5.49. The second-order valence-electron chi connectivity index (χ2n) is 7.95. The van der Waals surface area contributed by atoms with E-state index in [1.54, 1.807) is 0 Å². The van der Waals surface area contributed by atoms with Crippen molar-refractivity contribution in [2.75, 3.05) is 0 Å². The Hall–Kier alpha value is -0.795. The molecule has 0 radical (unpaired) electrons. The van der Waals surface area contributed by atoms with Gasteiger partial charge in [-0.2, -0.15) is 0 Å². The van der Waals surface area contributed by atoms with Crippen LogP contribution in [0.2, 0.25) is 5.82 Å². The summed E-state index contributed by atoms with van der Waals surface area (Å²) in [7, 11) is -0.0511. The van der Waals surface area contributed by atoms with E-state index in [1.165, 1.54) is 17.5 Å². The van der Waals surface area contributed by atoms with Gasteiger partial charge in [0.2, 0.25) is 0 Å². The quantitative estimate of drug-likeness (QED) is 0.746. The summed E-state index contributed by atoms with van der Waals surface area (Å²) >= 11 is 0. The summed E-state index contributed by atoms with van der Waals surface area (Å²) in [6.07, 6.45) is 1.18. The summed E-state index contributed by atoms with van der Waals surface area (Å²) < 4.78 is 12.4. The van der Waals surface area contributed by atoms with E-state index < -0.39 is 0 Å². The summed E-state index contributed by atoms with van der Waals surface area (Å²) in [6, 6.07) is 9.09. The first-order valence-corrected chi connectivity index (χ1v) is 8.17. The van der Waals surface area contributed by atoms with Gasteiger partial charge in [0.15, 0.2) is 0 Å². The highest BCUT2D eigenvalue weighted by molar-refractivity contribution is 6.49. The van der Waals surface area contributed by atoms with Crippen molar-refractivity contribution in [2.24, 2.45) is 0 Å². The molecule has 3 heteroatoms. The lowest BCUT2D eigenvalue weighted by molar-refractivity contribution is 0.00578. The molecular formula is C18H27BO2. The van der Waals surface area contributed by atoms with Crippen molar-refractivity contribution in [1.82, 2.24) is 0 Å². The number of hydrogen-bond acceptors (Lipinski definition) is 2. The van der Waals surface area contributed by atoms with Crippen LogP contribution in [0, 0.1) is 0 Å². The zero-order valence-corrected chi connectivity index (χ0v) is 14.1. The Morgan fingerprint density at radius 1 is 1.00 bits per heavy atom. The first-order chi connectivity index (χ1) is 9.71. The molecule has 21 heavy (non-hydrogen) atoms. The van der Waals surface area contributed by atoms with Gasteiger partial charge in [-0.25, -0.2) is 0 Å². The van der Waals surface area contributed by atoms with Gasteiger partial charge in [0.25, 0.3) is 0 Å². The molecule has 1 aromatic rings. The van der Waals surface area contributed by atoms with Crippen molar-refractivity contribution in [3.05, 3.63) is 35.4 Å². The lowest BCUT2D eigenvalue weighted by Crippen LogP contribution is -2.41. The van der Waals surface area contributed by atoms with Crippen LogP contribution in [0.3, 0.4) is 0 Å². The maximum absolute atomic E-state index is 6.18. The Morgan fingerprint density at radius 3 is 2.00 bits per heavy atom. The van der Waals surface area contributed by atoms with Crippen LogP contribution < -0.4 is 0 Å². The van der Waals surface area contributed by atoms with Crippen LogP contribution in [-0.2, 0) is 9.31 Å². The van der Waals surface area contributed by atoms with Crippen molar-refractivity contribution in [2.45, 2.75) is 76.8 Å². The van der Waals surface area contributed by atoms with Crippen molar-refractivity contribution in [1.29, 1.82) is 0 Å². The van der Waals surface area contributed by atoms with Crippen LogP contribution in [0.4, 0.5) is 0 Å². The second kappa shape index (κ2) is 4.86. The van der Waals surface area contributed by atoms with Crippen LogP contribution in [0.5, 0.6) is 0 Å². The average Bonchev–Trinajstić information content (AvgIpc) is 3.13. The van der Waals surface area contributed by atoms with Crippen LogP contribution in [0.25, 0.3) is 0 Å². The minimum atomic E-state index is -0.216. The highest BCUT2D eigenvalue weighted by atomic mass is 16.7. The van der Waals surface area contributed by atoms with E-state index in [2.05, 4.69) is 65.8 Å². The van der Waals surface area contributed by atoms with E-state index in [-0.39, 0.29) is 18.3 Å². The van der Waals surface area contributed by atoms with Crippen LogP contribution >= 0.6 is 0 Å². The van der Waals surface area contributed by atoms with Gasteiger partial charge >= 0.3 is 7.12 Å². The third kappa shape index (κ3) is 2.66. The molecule has 1 aliphatic heterocycles. The zero-order chi connectivity index (χ0) is 15.4. The molecule has 2 fully saturated rings. The molecule has 0 bridgehead atoms. The molecule has 3 rings (SSSR count). The molecule has 0 spiro atoms. The van der Waals surface area contributed by atoms with Gasteiger partial charge < -0.3 is 9.31 Å². The normalized spacial score (nSPS) is 30.0. The maximum Gasteiger partial charge on any atom is 0.461 e. The minimum absolute atomic E-state index is 0.0511. The van der Waals surface area contributed by atoms with Crippen molar-refractivity contribution in [3.8, 4) is 0 Å². The molecule has 2 nitrogen and oxygen atoms in total. The van der Waals surface area contributed by atoms with Gasteiger partial charge in [-0.15, -0.1) is 0 Å². The fourth-order valence-corrected chi connectivity index (χ4v) is 3.09. The Bertz CT molecular complexity index is 503. The zero-order valence-electron chi connectivity index (χ0n) is 14.1. The molecular weight excluding hydrogens is 259 g/mol. The Morgan fingerprint density at radius 2 is 1.52 bits per heavy atom. The fourth-order valence-electron chi connectivity index (χ4n) is 3.09. The summed E-state index contributed by atoms with van der Waals surface area (Å²) in [5.41, 5.74) is 2.41. The van der Waals surface area contributed by atoms with E-state index in [0.29, 0.717) is 17.7 Å². The first kappa shape index (κ1) is 15.1. The molecule has 1 saturated carbocycles. The Balaban J connectivity index is 1.67. The molecule has 1 aromatic carbocycles. The number of benzene rings is 1. The van der Waals surface area contributed by atoms with E-state index in [9.17, 15) is 0 Å². The predicted molar refractivity (Wildman–Crippen MR) is 87.7 cm³/mol. The van der Waals surface area contributed by atoms with Crippen molar-refractivity contribution < 1.29 is 9.31 Å². The lowest BCUT2D eigenvalue weighted by atomic mass is 9.79. The topological polar surface area (TPSA) is 18.5 Å². The lowest BCUT2D eigenvalue weighted by Gasteiger charge is -2.32. The standard InChI is InChI=1S/C18H27BO2/c1-12(2)13-7-9-14(10-8-13)15-11-16(15)19-20-17(3,4)18(5,6)21-19/h7-10,12,15-16H,11H2,1-6H3/t15-,16+/m0/s1. The third-order valence-electron chi connectivity index (χ3n) is 5.49. The molecule has 1 saturated heterocycles. The SMILES string of the molecule is CC(C)c1ccc([C@@H]2C[C@H]2B2OC(C)(C)C(C)(C)O2)cc1. The van der Waals surface area contributed by atoms with E-state index >= 15 is 0 Å². The van der Waals surface area contributed by atoms with Crippen LogP contribution in [0.15, 0.2) is 24.3 Å². The highest BCUT2D eigenvalue weighted by Gasteiger charge is 2.59. The molecule has 0 unspecified atom stereocenters. The number of rotatable bonds is 3.